The highest BCUT2D eigenvalue weighted by molar-refractivity contribution is 7.46. The summed E-state index contributed by atoms with van der Waals surface area (Å²) in [4.78, 5) is 31.0. The van der Waals surface area contributed by atoms with Crippen LogP contribution in [0.1, 0.15) is 284 Å². The highest BCUT2D eigenvalue weighted by Crippen LogP contribution is 2.36. The summed E-state index contributed by atoms with van der Waals surface area (Å²) in [7, 11) is -4.72. The van der Waals surface area contributed by atoms with Gasteiger partial charge in [-0.1, -0.05) is 270 Å². The molecule has 0 aromatic heterocycles. The summed E-state index contributed by atoms with van der Waals surface area (Å²) in [5.41, 5.74) is 0. The summed E-state index contributed by atoms with van der Waals surface area (Å²) in [6.07, 6.45) is 56.9. The van der Waals surface area contributed by atoms with Crippen LogP contribution in [0.4, 0.5) is 0 Å². The molecule has 0 aromatic carbocycles. The molecule has 2 atom stereocenters. The van der Waals surface area contributed by atoms with Gasteiger partial charge in [0.1, 0.15) is 0 Å². The second kappa shape index (κ2) is 45.8. The van der Waals surface area contributed by atoms with E-state index in [1.54, 1.807) is 6.08 Å². The highest BCUT2D eigenvalue weighted by Gasteiger charge is 2.24. The minimum absolute atomic E-state index is 0.219. The molecule has 0 heterocycles. The number of unbranched alkanes of at least 4 members (excludes halogenated alkanes) is 39. The second-order valence-electron chi connectivity index (χ2n) is 17.9. The third-order valence-electron chi connectivity index (χ3n) is 12.0. The van der Waals surface area contributed by atoms with Gasteiger partial charge >= 0.3 is 7.82 Å². The molecule has 1 amide bonds. The van der Waals surface area contributed by atoms with E-state index >= 15 is 0 Å². The molecular formula is C50H100NO6P. The van der Waals surface area contributed by atoms with Crippen LogP contribution in [0.2, 0.25) is 0 Å². The fourth-order valence-electron chi connectivity index (χ4n) is 8.11. The van der Waals surface area contributed by atoms with Crippen molar-refractivity contribution < 1.29 is 28.8 Å². The third-order valence-corrected chi connectivity index (χ3v) is 12.5. The Kier molecular flexibility index (Phi) is 45.2. The number of hydrogen-bond donors (Lipinski definition) is 4. The Bertz CT molecular complexity index is 911. The van der Waals surface area contributed by atoms with Gasteiger partial charge in [-0.3, -0.25) is 9.32 Å². The largest absolute Gasteiger partial charge is 0.469 e. The number of phosphoric ester groups is 1. The molecule has 0 unspecified atom stereocenters. The number of phosphoric acid groups is 1. The van der Waals surface area contributed by atoms with Crippen LogP contribution < -0.4 is 5.32 Å². The molecule has 0 aliphatic heterocycles. The standard InChI is InChI=1S/C50H100NO6P/c1-3-5-7-9-11-13-15-17-19-21-22-23-24-25-26-27-28-30-32-34-36-38-40-42-44-46-50(53)51-48(47-57-58(54,55)56)49(52)45-43-41-39-37-35-33-31-29-20-18-16-14-12-10-8-6-4-2/h43,45,48-49,52H,3-42,44,46-47H2,1-2H3,(H,51,53)(H2,54,55,56)/b45-43+/t48-,49+/m0/s1. The fourth-order valence-corrected chi connectivity index (χ4v) is 8.46. The summed E-state index contributed by atoms with van der Waals surface area (Å²) < 4.78 is 16.0. The minimum atomic E-state index is -4.72. The number of aliphatic hydroxyl groups is 1. The van der Waals surface area contributed by atoms with Crippen LogP contribution >= 0.6 is 7.82 Å². The molecule has 0 rings (SSSR count). The van der Waals surface area contributed by atoms with E-state index in [-0.39, 0.29) is 5.91 Å². The number of carbonyl (C=O) groups is 1. The summed E-state index contributed by atoms with van der Waals surface area (Å²) in [5.74, 6) is -0.219. The van der Waals surface area contributed by atoms with Gasteiger partial charge < -0.3 is 20.2 Å². The van der Waals surface area contributed by atoms with Crippen molar-refractivity contribution in [2.75, 3.05) is 6.61 Å². The van der Waals surface area contributed by atoms with Crippen molar-refractivity contribution in [1.82, 2.24) is 5.32 Å². The molecular weight excluding hydrogens is 742 g/mol. The van der Waals surface area contributed by atoms with E-state index in [0.717, 1.165) is 38.5 Å². The van der Waals surface area contributed by atoms with Crippen molar-refractivity contribution >= 4 is 13.7 Å². The van der Waals surface area contributed by atoms with E-state index in [1.165, 1.54) is 225 Å². The molecule has 8 heteroatoms. The van der Waals surface area contributed by atoms with Crippen LogP contribution in [-0.2, 0) is 13.9 Å². The van der Waals surface area contributed by atoms with E-state index in [1.807, 2.05) is 6.08 Å². The Morgan fingerprint density at radius 2 is 0.759 bits per heavy atom. The van der Waals surface area contributed by atoms with E-state index in [4.69, 9.17) is 0 Å². The Labute approximate surface area is 361 Å². The lowest BCUT2D eigenvalue weighted by Crippen LogP contribution is -2.45. The van der Waals surface area contributed by atoms with Crippen molar-refractivity contribution in [2.45, 2.75) is 296 Å². The molecule has 0 radical (unpaired) electrons. The Balaban J connectivity index is 3.78. The zero-order valence-corrected chi connectivity index (χ0v) is 39.6. The maximum absolute atomic E-state index is 12.6. The van der Waals surface area contributed by atoms with E-state index < -0.39 is 26.6 Å². The molecule has 0 aliphatic carbocycles. The average Bonchev–Trinajstić information content (AvgIpc) is 3.20. The van der Waals surface area contributed by atoms with Crippen molar-refractivity contribution in [3.8, 4) is 0 Å². The maximum Gasteiger partial charge on any atom is 0.469 e. The molecule has 346 valence electrons. The smallest absolute Gasteiger partial charge is 0.387 e. The van der Waals surface area contributed by atoms with Gasteiger partial charge in [-0.05, 0) is 19.3 Å². The molecule has 0 spiro atoms. The molecule has 4 N–H and O–H groups in total. The third kappa shape index (κ3) is 46.3. The Hall–Kier alpha value is -0.720. The number of hydrogen-bond acceptors (Lipinski definition) is 4. The van der Waals surface area contributed by atoms with E-state index in [2.05, 4.69) is 23.7 Å². The number of amides is 1. The summed E-state index contributed by atoms with van der Waals surface area (Å²) in [6.45, 7) is 4.11. The van der Waals surface area contributed by atoms with Crippen molar-refractivity contribution in [3.05, 3.63) is 12.2 Å². The minimum Gasteiger partial charge on any atom is -0.387 e. The fraction of sp³-hybridized carbons (Fsp3) is 0.940. The first kappa shape index (κ1) is 57.3. The first-order chi connectivity index (χ1) is 28.3. The predicted octanol–water partition coefficient (Wildman–Crippen LogP) is 15.9. The molecule has 0 bridgehead atoms. The summed E-state index contributed by atoms with van der Waals surface area (Å²) in [5, 5.41) is 13.5. The van der Waals surface area contributed by atoms with Crippen LogP contribution in [0.25, 0.3) is 0 Å². The number of carbonyl (C=O) groups excluding carboxylic acids is 1. The molecule has 0 fully saturated rings. The lowest BCUT2D eigenvalue weighted by Gasteiger charge is -2.22. The zero-order valence-electron chi connectivity index (χ0n) is 38.7. The van der Waals surface area contributed by atoms with Crippen LogP contribution in [0.3, 0.4) is 0 Å². The Morgan fingerprint density at radius 3 is 1.05 bits per heavy atom. The van der Waals surface area contributed by atoms with E-state index in [9.17, 15) is 24.3 Å². The molecule has 7 nitrogen and oxygen atoms in total. The zero-order chi connectivity index (χ0) is 42.5. The van der Waals surface area contributed by atoms with Crippen LogP contribution in [0.15, 0.2) is 12.2 Å². The van der Waals surface area contributed by atoms with Gasteiger partial charge in [0.05, 0.1) is 18.8 Å². The van der Waals surface area contributed by atoms with Crippen LogP contribution in [-0.4, -0.2) is 39.6 Å². The van der Waals surface area contributed by atoms with Crippen LogP contribution in [0, 0.1) is 0 Å². The van der Waals surface area contributed by atoms with Crippen LogP contribution in [0.5, 0.6) is 0 Å². The number of allylic oxidation sites excluding steroid dienone is 1. The molecule has 0 aromatic rings. The maximum atomic E-state index is 12.6. The summed E-state index contributed by atoms with van der Waals surface area (Å²) in [6, 6.07) is -0.906. The quantitative estimate of drug-likeness (QED) is 0.0275. The van der Waals surface area contributed by atoms with Gasteiger partial charge in [0, 0.05) is 6.42 Å². The Morgan fingerprint density at radius 1 is 0.483 bits per heavy atom. The number of nitrogens with one attached hydrogen (secondary N) is 1. The van der Waals surface area contributed by atoms with Gasteiger partial charge in [-0.25, -0.2) is 4.57 Å². The summed E-state index contributed by atoms with van der Waals surface area (Å²) >= 11 is 0. The molecule has 0 saturated carbocycles. The average molecular weight is 842 g/mol. The number of aliphatic hydroxyl groups excluding tert-OH is 1. The van der Waals surface area contributed by atoms with Gasteiger partial charge in [-0.2, -0.15) is 0 Å². The lowest BCUT2D eigenvalue weighted by molar-refractivity contribution is -0.123. The van der Waals surface area contributed by atoms with Gasteiger partial charge in [0.15, 0.2) is 0 Å². The SMILES string of the molecule is CCCCCCCCCCCCCCCCC/C=C/[C@@H](O)[C@H](COP(=O)(O)O)NC(=O)CCCCCCCCCCCCCCCCCCCCCCCCCCC. The molecule has 0 aliphatic rings. The van der Waals surface area contributed by atoms with Gasteiger partial charge in [-0.15, -0.1) is 0 Å². The van der Waals surface area contributed by atoms with Crippen molar-refractivity contribution in [3.63, 3.8) is 0 Å². The number of rotatable bonds is 48. The normalized spacial score (nSPS) is 13.1. The molecule has 0 saturated heterocycles. The van der Waals surface area contributed by atoms with Crippen molar-refractivity contribution in [1.29, 1.82) is 0 Å². The predicted molar refractivity (Wildman–Crippen MR) is 250 cm³/mol. The monoisotopic (exact) mass is 842 g/mol. The van der Waals surface area contributed by atoms with Gasteiger partial charge in [0.25, 0.3) is 0 Å². The lowest BCUT2D eigenvalue weighted by atomic mass is 10.0. The first-order valence-corrected chi connectivity index (χ1v) is 27.2. The second-order valence-corrected chi connectivity index (χ2v) is 19.1. The van der Waals surface area contributed by atoms with Crippen molar-refractivity contribution in [2.24, 2.45) is 0 Å². The first-order valence-electron chi connectivity index (χ1n) is 25.6. The topological polar surface area (TPSA) is 116 Å². The van der Waals surface area contributed by atoms with Gasteiger partial charge in [0.2, 0.25) is 5.91 Å². The highest BCUT2D eigenvalue weighted by atomic mass is 31.2. The molecule has 58 heavy (non-hydrogen) atoms. The van der Waals surface area contributed by atoms with E-state index in [0.29, 0.717) is 6.42 Å².